The molecular formula is C15H22ClN3O3S2. The maximum Gasteiger partial charge on any atom is 0.407 e. The van der Waals surface area contributed by atoms with Gasteiger partial charge in [-0.25, -0.2) is 9.78 Å². The van der Waals surface area contributed by atoms with E-state index in [9.17, 15) is 14.5 Å². The normalized spacial score (nSPS) is 24.2. The Kier molecular flexibility index (Phi) is 4.81. The maximum atomic E-state index is 12.7. The first-order valence-corrected chi connectivity index (χ1v) is 10.3. The van der Waals surface area contributed by atoms with Crippen molar-refractivity contribution < 1.29 is 14.5 Å². The van der Waals surface area contributed by atoms with Crippen LogP contribution >= 0.6 is 22.9 Å². The molecule has 1 unspecified atom stereocenters. The highest BCUT2D eigenvalue weighted by Crippen LogP contribution is 2.54. The molecule has 9 heteroatoms. The Labute approximate surface area is 153 Å². The number of carboxylic acid groups (broad SMARTS) is 1. The lowest BCUT2D eigenvalue weighted by atomic mass is 9.74. The van der Waals surface area contributed by atoms with Gasteiger partial charge >= 0.3 is 6.09 Å². The second-order valence-corrected chi connectivity index (χ2v) is 11.2. The summed E-state index contributed by atoms with van der Waals surface area (Å²) in [7, 11) is 0. The fourth-order valence-corrected chi connectivity index (χ4v) is 5.75. The molecule has 134 valence electrons. The number of nitrogens with zero attached hydrogens (tertiary/aromatic N) is 2. The fraction of sp³-hybridized carbons (Fsp3) is 0.733. The predicted octanol–water partition coefficient (Wildman–Crippen LogP) is 3.21. The molecule has 1 aromatic rings. The van der Waals surface area contributed by atoms with E-state index in [4.69, 9.17) is 11.6 Å². The van der Waals surface area contributed by atoms with Crippen molar-refractivity contribution in [1.29, 1.82) is 0 Å². The van der Waals surface area contributed by atoms with Gasteiger partial charge in [-0.2, -0.15) is 0 Å². The zero-order valence-electron chi connectivity index (χ0n) is 14.0. The Bertz CT molecular complexity index is 638. The van der Waals surface area contributed by atoms with Gasteiger partial charge in [-0.15, -0.1) is 16.1 Å². The van der Waals surface area contributed by atoms with Crippen LogP contribution in [0.5, 0.6) is 0 Å². The molecule has 0 aromatic carbocycles. The number of piperidine rings is 1. The Morgan fingerprint density at radius 3 is 2.67 bits per heavy atom. The minimum atomic E-state index is -1.23. The third kappa shape index (κ3) is 3.26. The minimum Gasteiger partial charge on any atom is -0.598 e. The van der Waals surface area contributed by atoms with Gasteiger partial charge in [-0.1, -0.05) is 11.6 Å². The van der Waals surface area contributed by atoms with Crippen LogP contribution in [0.4, 0.5) is 4.79 Å². The van der Waals surface area contributed by atoms with E-state index in [2.05, 4.69) is 9.71 Å². The average Bonchev–Trinajstić information content (AvgIpc) is 2.94. The molecule has 2 N–H and O–H groups in total. The van der Waals surface area contributed by atoms with Crippen molar-refractivity contribution in [2.45, 2.75) is 50.8 Å². The number of aromatic nitrogens is 1. The zero-order chi connectivity index (χ0) is 17.7. The number of amides is 1. The number of fused-ring (bicyclic) bond motifs is 1. The Hall–Kier alpha value is -0.540. The minimum absolute atomic E-state index is 0.133. The standard InChI is InChI=1S/C15H22ClN3O3S2/c1-14(2,3)24(22)18-11-10-9(23-12(16)17-10)8-15(11)4-6-19(7-5-15)13(20)21/h11,18H,4-8H2,1-3H3,(H,20,21)/t11-,24?/m1/s1. The van der Waals surface area contributed by atoms with Gasteiger partial charge < -0.3 is 14.6 Å². The molecule has 1 saturated heterocycles. The third-order valence-corrected chi connectivity index (χ3v) is 7.65. The van der Waals surface area contributed by atoms with E-state index in [0.717, 1.165) is 29.8 Å². The van der Waals surface area contributed by atoms with Crippen LogP contribution in [-0.2, 0) is 17.8 Å². The molecule has 2 aliphatic rings. The fourth-order valence-electron chi connectivity index (χ4n) is 3.47. The first kappa shape index (κ1) is 18.3. The number of hydrogen-bond acceptors (Lipinski definition) is 5. The predicted molar refractivity (Wildman–Crippen MR) is 95.9 cm³/mol. The van der Waals surface area contributed by atoms with Crippen LogP contribution in [0.25, 0.3) is 0 Å². The first-order chi connectivity index (χ1) is 11.1. The Morgan fingerprint density at radius 1 is 1.50 bits per heavy atom. The number of likely N-dealkylation sites (tertiary alicyclic amines) is 1. The van der Waals surface area contributed by atoms with Gasteiger partial charge in [-0.3, -0.25) is 0 Å². The molecule has 0 saturated carbocycles. The van der Waals surface area contributed by atoms with Gasteiger partial charge in [0.05, 0.1) is 5.69 Å². The second kappa shape index (κ2) is 6.32. The molecule has 0 radical (unpaired) electrons. The Balaban J connectivity index is 1.86. The first-order valence-electron chi connectivity index (χ1n) is 7.93. The van der Waals surface area contributed by atoms with Gasteiger partial charge in [0, 0.05) is 34.7 Å². The van der Waals surface area contributed by atoms with Gasteiger partial charge in [0.15, 0.2) is 4.47 Å². The highest BCUT2D eigenvalue weighted by molar-refractivity contribution is 7.90. The lowest BCUT2D eigenvalue weighted by Gasteiger charge is -2.42. The number of rotatable bonds is 2. The number of carbonyl (C=O) groups is 1. The van der Waals surface area contributed by atoms with E-state index in [1.54, 1.807) is 0 Å². The summed E-state index contributed by atoms with van der Waals surface area (Å²) < 4.78 is 16.1. The molecule has 1 aliphatic heterocycles. The van der Waals surface area contributed by atoms with E-state index in [1.807, 2.05) is 20.8 Å². The third-order valence-electron chi connectivity index (χ3n) is 4.91. The number of nitrogens with one attached hydrogen (secondary N) is 1. The summed E-state index contributed by atoms with van der Waals surface area (Å²) in [6.45, 7) is 6.79. The van der Waals surface area contributed by atoms with E-state index >= 15 is 0 Å². The molecule has 2 heterocycles. The van der Waals surface area contributed by atoms with Crippen molar-refractivity contribution in [3.63, 3.8) is 0 Å². The molecule has 0 bridgehead atoms. The summed E-state index contributed by atoms with van der Waals surface area (Å²) in [5, 5.41) is 9.19. The van der Waals surface area contributed by atoms with Crippen LogP contribution in [0.3, 0.4) is 0 Å². The van der Waals surface area contributed by atoms with Crippen molar-refractivity contribution in [3.05, 3.63) is 15.0 Å². The second-order valence-electron chi connectivity index (χ2n) is 7.52. The highest BCUT2D eigenvalue weighted by Gasteiger charge is 2.52. The SMILES string of the molecule is CC(C)(C)[S+]([O-])N[C@@H]1c2nc(Cl)sc2CC12CCN(C(=O)O)CC2. The molecule has 1 aromatic heterocycles. The smallest absolute Gasteiger partial charge is 0.407 e. The van der Waals surface area contributed by atoms with E-state index in [1.165, 1.54) is 16.2 Å². The van der Waals surface area contributed by atoms with Gasteiger partial charge in [-0.05, 0) is 40.0 Å². The monoisotopic (exact) mass is 391 g/mol. The molecule has 2 atom stereocenters. The molecule has 1 spiro atoms. The van der Waals surface area contributed by atoms with E-state index in [0.29, 0.717) is 17.6 Å². The van der Waals surface area contributed by atoms with Crippen molar-refractivity contribution in [2.75, 3.05) is 13.1 Å². The number of thiazole rings is 1. The van der Waals surface area contributed by atoms with Crippen LogP contribution < -0.4 is 4.72 Å². The van der Waals surface area contributed by atoms with Crippen molar-refractivity contribution in [3.8, 4) is 0 Å². The molecule has 1 amide bonds. The number of halogens is 1. The summed E-state index contributed by atoms with van der Waals surface area (Å²) >= 11 is 6.33. The maximum absolute atomic E-state index is 12.7. The average molecular weight is 392 g/mol. The Morgan fingerprint density at radius 2 is 2.12 bits per heavy atom. The summed E-state index contributed by atoms with van der Waals surface area (Å²) in [5.74, 6) is 0. The summed E-state index contributed by atoms with van der Waals surface area (Å²) in [4.78, 5) is 18.2. The summed E-state index contributed by atoms with van der Waals surface area (Å²) in [6.07, 6.45) is 1.42. The molecule has 6 nitrogen and oxygen atoms in total. The van der Waals surface area contributed by atoms with Gasteiger partial charge in [0.25, 0.3) is 0 Å². The van der Waals surface area contributed by atoms with E-state index < -0.39 is 17.5 Å². The molecule has 24 heavy (non-hydrogen) atoms. The van der Waals surface area contributed by atoms with Crippen LogP contribution in [0.1, 0.15) is 50.2 Å². The quantitative estimate of drug-likeness (QED) is 0.755. The van der Waals surface area contributed by atoms with Crippen LogP contribution in [0, 0.1) is 5.41 Å². The van der Waals surface area contributed by atoms with Crippen molar-refractivity contribution >= 4 is 40.4 Å². The van der Waals surface area contributed by atoms with E-state index in [-0.39, 0.29) is 16.2 Å². The van der Waals surface area contributed by atoms with Crippen LogP contribution in [0.2, 0.25) is 4.47 Å². The molecular weight excluding hydrogens is 370 g/mol. The number of hydrogen-bond donors (Lipinski definition) is 2. The largest absolute Gasteiger partial charge is 0.598 e. The lowest BCUT2D eigenvalue weighted by molar-refractivity contribution is 0.0760. The summed E-state index contributed by atoms with van der Waals surface area (Å²) in [6, 6.07) is -0.146. The molecule has 3 rings (SSSR count). The molecule has 1 fully saturated rings. The molecule has 1 aliphatic carbocycles. The highest BCUT2D eigenvalue weighted by atomic mass is 35.5. The lowest BCUT2D eigenvalue weighted by Crippen LogP contribution is -2.50. The topological polar surface area (TPSA) is 88.5 Å². The van der Waals surface area contributed by atoms with Gasteiger partial charge in [0.1, 0.15) is 10.8 Å². The summed E-state index contributed by atoms with van der Waals surface area (Å²) in [5.41, 5.74) is 0.761. The zero-order valence-corrected chi connectivity index (χ0v) is 16.4. The van der Waals surface area contributed by atoms with Crippen molar-refractivity contribution in [2.24, 2.45) is 5.41 Å². The van der Waals surface area contributed by atoms with Gasteiger partial charge in [0.2, 0.25) is 0 Å². The van der Waals surface area contributed by atoms with Crippen LogP contribution in [0.15, 0.2) is 0 Å². The van der Waals surface area contributed by atoms with Crippen molar-refractivity contribution in [1.82, 2.24) is 14.6 Å². The van der Waals surface area contributed by atoms with Crippen LogP contribution in [-0.4, -0.2) is 43.5 Å².